The maximum absolute atomic E-state index is 12.5. The first-order valence-electron chi connectivity index (χ1n) is 7.67. The number of amides is 1. The highest BCUT2D eigenvalue weighted by atomic mass is 16.5. The highest BCUT2D eigenvalue weighted by Gasteiger charge is 2.21. The van der Waals surface area contributed by atoms with Gasteiger partial charge in [0.1, 0.15) is 12.4 Å². The molecular formula is C18H21NO4. The number of benzene rings is 1. The van der Waals surface area contributed by atoms with Gasteiger partial charge >= 0.3 is 5.97 Å². The lowest BCUT2D eigenvalue weighted by atomic mass is 10.1. The molecule has 0 atom stereocenters. The fourth-order valence-corrected chi connectivity index (χ4v) is 2.34. The van der Waals surface area contributed by atoms with Crippen molar-refractivity contribution in [2.75, 3.05) is 13.1 Å². The van der Waals surface area contributed by atoms with E-state index >= 15 is 0 Å². The van der Waals surface area contributed by atoms with E-state index in [1.807, 2.05) is 44.2 Å². The van der Waals surface area contributed by atoms with Crippen LogP contribution in [0.25, 0.3) is 11.1 Å². The van der Waals surface area contributed by atoms with Gasteiger partial charge in [0.15, 0.2) is 5.76 Å². The third-order valence-corrected chi connectivity index (χ3v) is 3.56. The minimum atomic E-state index is -0.392. The number of carbonyl (C=O) groups is 2. The van der Waals surface area contributed by atoms with Gasteiger partial charge in [0.25, 0.3) is 5.91 Å². The zero-order chi connectivity index (χ0) is 16.8. The molecule has 2 rings (SSSR count). The molecule has 5 nitrogen and oxygen atoms in total. The van der Waals surface area contributed by atoms with E-state index in [0.717, 1.165) is 11.1 Å². The number of hydrogen-bond donors (Lipinski definition) is 0. The Hall–Kier alpha value is -2.56. The van der Waals surface area contributed by atoms with Crippen molar-refractivity contribution < 1.29 is 18.7 Å². The van der Waals surface area contributed by atoms with Gasteiger partial charge in [-0.2, -0.15) is 0 Å². The Kier molecular flexibility index (Phi) is 5.57. The minimum absolute atomic E-state index is 0.00505. The van der Waals surface area contributed by atoms with E-state index in [0.29, 0.717) is 18.8 Å². The van der Waals surface area contributed by atoms with Crippen LogP contribution in [0, 0.1) is 0 Å². The van der Waals surface area contributed by atoms with Gasteiger partial charge < -0.3 is 14.1 Å². The Morgan fingerprint density at radius 3 is 2.35 bits per heavy atom. The van der Waals surface area contributed by atoms with Gasteiger partial charge in [-0.15, -0.1) is 0 Å². The molecule has 1 aromatic carbocycles. The number of hydrogen-bond acceptors (Lipinski definition) is 4. The third-order valence-electron chi connectivity index (χ3n) is 3.56. The summed E-state index contributed by atoms with van der Waals surface area (Å²) in [5.74, 6) is 0.176. The van der Waals surface area contributed by atoms with Crippen molar-refractivity contribution in [3.05, 3.63) is 47.9 Å². The van der Waals surface area contributed by atoms with Crippen molar-refractivity contribution in [3.8, 4) is 11.1 Å². The second-order valence-electron chi connectivity index (χ2n) is 5.07. The third kappa shape index (κ3) is 4.00. The van der Waals surface area contributed by atoms with Crippen LogP contribution in [0.4, 0.5) is 0 Å². The smallest absolute Gasteiger partial charge is 0.303 e. The van der Waals surface area contributed by atoms with Crippen LogP contribution in [0.2, 0.25) is 0 Å². The lowest BCUT2D eigenvalue weighted by Crippen LogP contribution is -2.30. The SMILES string of the molecule is CCN(CC)C(=O)c1cc(-c2ccccc2)c(COC(C)=O)o1. The van der Waals surface area contributed by atoms with Gasteiger partial charge in [0, 0.05) is 25.6 Å². The van der Waals surface area contributed by atoms with E-state index < -0.39 is 5.97 Å². The standard InChI is InChI=1S/C18H21NO4/c1-4-19(5-2)18(21)16-11-15(14-9-7-6-8-10-14)17(23-16)12-22-13(3)20/h6-11H,4-5,12H2,1-3H3. The van der Waals surface area contributed by atoms with Gasteiger partial charge in [0.05, 0.1) is 0 Å². The highest BCUT2D eigenvalue weighted by Crippen LogP contribution is 2.28. The minimum Gasteiger partial charge on any atom is -0.458 e. The summed E-state index contributed by atoms with van der Waals surface area (Å²) < 4.78 is 10.7. The number of nitrogens with zero attached hydrogens (tertiary/aromatic N) is 1. The summed E-state index contributed by atoms with van der Waals surface area (Å²) in [6.07, 6.45) is 0. The molecule has 0 radical (unpaired) electrons. The van der Waals surface area contributed by atoms with Gasteiger partial charge in [-0.3, -0.25) is 9.59 Å². The topological polar surface area (TPSA) is 59.8 Å². The monoisotopic (exact) mass is 315 g/mol. The Bertz CT molecular complexity index is 672. The van der Waals surface area contributed by atoms with Gasteiger partial charge in [0.2, 0.25) is 0 Å². The van der Waals surface area contributed by atoms with E-state index in [-0.39, 0.29) is 18.3 Å². The summed E-state index contributed by atoms with van der Waals surface area (Å²) in [5.41, 5.74) is 1.68. The fourth-order valence-electron chi connectivity index (χ4n) is 2.34. The molecule has 0 N–H and O–H groups in total. The Labute approximate surface area is 135 Å². The molecule has 0 bridgehead atoms. The molecule has 0 saturated heterocycles. The summed E-state index contributed by atoms with van der Waals surface area (Å²) in [4.78, 5) is 25.2. The van der Waals surface area contributed by atoms with Crippen LogP contribution in [-0.4, -0.2) is 29.9 Å². The van der Waals surface area contributed by atoms with Crippen molar-refractivity contribution in [1.29, 1.82) is 0 Å². The van der Waals surface area contributed by atoms with Gasteiger partial charge in [-0.25, -0.2) is 0 Å². The van der Waals surface area contributed by atoms with E-state index in [2.05, 4.69) is 0 Å². The Morgan fingerprint density at radius 2 is 1.78 bits per heavy atom. The Morgan fingerprint density at radius 1 is 1.13 bits per heavy atom. The van der Waals surface area contributed by atoms with Crippen LogP contribution < -0.4 is 0 Å². The summed E-state index contributed by atoms with van der Waals surface area (Å²) in [6.45, 7) is 6.40. The highest BCUT2D eigenvalue weighted by molar-refractivity contribution is 5.93. The maximum atomic E-state index is 12.5. The molecule has 5 heteroatoms. The number of ether oxygens (including phenoxy) is 1. The van der Waals surface area contributed by atoms with Gasteiger partial charge in [-0.1, -0.05) is 30.3 Å². The molecule has 0 spiro atoms. The van der Waals surface area contributed by atoms with Crippen LogP contribution in [0.15, 0.2) is 40.8 Å². The van der Waals surface area contributed by atoms with Crippen molar-refractivity contribution in [1.82, 2.24) is 4.90 Å². The summed E-state index contributed by atoms with van der Waals surface area (Å²) in [6, 6.07) is 11.3. The number of esters is 1. The molecule has 0 unspecified atom stereocenters. The average molecular weight is 315 g/mol. The molecule has 0 fully saturated rings. The molecule has 2 aromatic rings. The second-order valence-corrected chi connectivity index (χ2v) is 5.07. The first-order chi connectivity index (χ1) is 11.1. The largest absolute Gasteiger partial charge is 0.458 e. The maximum Gasteiger partial charge on any atom is 0.303 e. The lowest BCUT2D eigenvalue weighted by molar-refractivity contribution is -0.142. The molecule has 1 heterocycles. The molecule has 23 heavy (non-hydrogen) atoms. The predicted octanol–water partition coefficient (Wildman–Crippen LogP) is 3.49. The van der Waals surface area contributed by atoms with Crippen molar-refractivity contribution in [2.24, 2.45) is 0 Å². The molecule has 1 amide bonds. The number of furan rings is 1. The zero-order valence-corrected chi connectivity index (χ0v) is 13.7. The predicted molar refractivity (Wildman–Crippen MR) is 86.9 cm³/mol. The number of rotatable bonds is 6. The van der Waals surface area contributed by atoms with E-state index in [1.54, 1.807) is 11.0 Å². The second kappa shape index (κ2) is 7.63. The zero-order valence-electron chi connectivity index (χ0n) is 13.7. The van der Waals surface area contributed by atoms with E-state index in [4.69, 9.17) is 9.15 Å². The average Bonchev–Trinajstić information content (AvgIpc) is 2.99. The molecule has 0 aliphatic carbocycles. The van der Waals surface area contributed by atoms with Gasteiger partial charge in [-0.05, 0) is 25.5 Å². The lowest BCUT2D eigenvalue weighted by Gasteiger charge is -2.16. The summed E-state index contributed by atoms with van der Waals surface area (Å²) in [5, 5.41) is 0. The quantitative estimate of drug-likeness (QED) is 0.766. The van der Waals surface area contributed by atoms with Crippen LogP contribution in [0.3, 0.4) is 0 Å². The van der Waals surface area contributed by atoms with Crippen LogP contribution in [0.5, 0.6) is 0 Å². The summed E-state index contributed by atoms with van der Waals surface area (Å²) >= 11 is 0. The first kappa shape index (κ1) is 16.8. The normalized spacial score (nSPS) is 10.4. The first-order valence-corrected chi connectivity index (χ1v) is 7.67. The fraction of sp³-hybridized carbons (Fsp3) is 0.333. The van der Waals surface area contributed by atoms with Crippen LogP contribution in [-0.2, 0) is 16.1 Å². The molecule has 0 aliphatic rings. The van der Waals surface area contributed by atoms with Crippen molar-refractivity contribution >= 4 is 11.9 Å². The molecule has 122 valence electrons. The van der Waals surface area contributed by atoms with Crippen LogP contribution in [0.1, 0.15) is 37.1 Å². The summed E-state index contributed by atoms with van der Waals surface area (Å²) in [7, 11) is 0. The molecule has 1 aromatic heterocycles. The van der Waals surface area contributed by atoms with E-state index in [9.17, 15) is 9.59 Å². The molecule has 0 aliphatic heterocycles. The van der Waals surface area contributed by atoms with E-state index in [1.165, 1.54) is 6.92 Å². The Balaban J connectivity index is 2.39. The van der Waals surface area contributed by atoms with Crippen LogP contribution >= 0.6 is 0 Å². The van der Waals surface area contributed by atoms with Crippen molar-refractivity contribution in [2.45, 2.75) is 27.4 Å². The number of carbonyl (C=O) groups excluding carboxylic acids is 2. The molecule has 0 saturated carbocycles. The van der Waals surface area contributed by atoms with Crippen molar-refractivity contribution in [3.63, 3.8) is 0 Å². The molecular weight excluding hydrogens is 294 g/mol.